The molecule has 0 aliphatic heterocycles. The van der Waals surface area contributed by atoms with Crippen LogP contribution < -0.4 is 4.74 Å². The molecule has 0 fully saturated rings. The summed E-state index contributed by atoms with van der Waals surface area (Å²) in [5.41, 5.74) is 2.77. The summed E-state index contributed by atoms with van der Waals surface area (Å²) in [6, 6.07) is 13.3. The molecule has 0 unspecified atom stereocenters. The molecule has 4 rings (SSSR count). The lowest BCUT2D eigenvalue weighted by Crippen LogP contribution is -1.96. The maximum absolute atomic E-state index is 6.23. The second-order valence-corrected chi connectivity index (χ2v) is 7.30. The lowest BCUT2D eigenvalue weighted by atomic mass is 10.2. The molecule has 7 nitrogen and oxygen atoms in total. The van der Waals surface area contributed by atoms with Crippen LogP contribution in [0.15, 0.2) is 58.5 Å². The van der Waals surface area contributed by atoms with Crippen molar-refractivity contribution in [3.05, 3.63) is 65.3 Å². The predicted molar refractivity (Wildman–Crippen MR) is 107 cm³/mol. The van der Waals surface area contributed by atoms with E-state index in [1.807, 2.05) is 54.0 Å². The average molecular weight is 414 g/mol. The Morgan fingerprint density at radius 1 is 1.18 bits per heavy atom. The molecule has 0 aliphatic carbocycles. The van der Waals surface area contributed by atoms with Crippen LogP contribution >= 0.6 is 23.4 Å². The van der Waals surface area contributed by atoms with E-state index in [-0.39, 0.29) is 0 Å². The van der Waals surface area contributed by atoms with Gasteiger partial charge in [0.2, 0.25) is 11.7 Å². The van der Waals surface area contributed by atoms with Crippen LogP contribution in [0.5, 0.6) is 5.75 Å². The Kier molecular flexibility index (Phi) is 5.31. The molecule has 0 bridgehead atoms. The fourth-order valence-electron chi connectivity index (χ4n) is 2.53. The highest BCUT2D eigenvalue weighted by Gasteiger charge is 2.13. The van der Waals surface area contributed by atoms with Crippen molar-refractivity contribution in [1.29, 1.82) is 0 Å². The monoisotopic (exact) mass is 413 g/mol. The highest BCUT2D eigenvalue weighted by molar-refractivity contribution is 7.98. The van der Waals surface area contributed by atoms with Crippen molar-refractivity contribution in [3.63, 3.8) is 0 Å². The van der Waals surface area contributed by atoms with Crippen LogP contribution in [-0.4, -0.2) is 32.0 Å². The standard InChI is InChI=1S/C19H16ClN5O2S/c1-12-3-6-14(9-16(12)20)25-11-21-23-19(25)28-10-17-22-18(24-27-17)13-4-7-15(26-2)8-5-13/h3-9,11H,10H2,1-2H3. The quantitative estimate of drug-likeness (QED) is 0.428. The fourth-order valence-corrected chi connectivity index (χ4v) is 3.47. The summed E-state index contributed by atoms with van der Waals surface area (Å²) in [6.07, 6.45) is 1.65. The molecule has 2 aromatic heterocycles. The van der Waals surface area contributed by atoms with Gasteiger partial charge in [-0.3, -0.25) is 4.57 Å². The number of thioether (sulfide) groups is 1. The Balaban J connectivity index is 1.48. The third kappa shape index (κ3) is 3.88. The molecule has 0 aliphatic rings. The summed E-state index contributed by atoms with van der Waals surface area (Å²) in [5.74, 6) is 2.29. The second kappa shape index (κ2) is 8.04. The molecule has 28 heavy (non-hydrogen) atoms. The Morgan fingerprint density at radius 2 is 2.00 bits per heavy atom. The summed E-state index contributed by atoms with van der Waals surface area (Å²) in [6.45, 7) is 1.96. The molecule has 0 N–H and O–H groups in total. The number of halogens is 1. The number of benzene rings is 2. The molecule has 0 atom stereocenters. The van der Waals surface area contributed by atoms with Crippen molar-refractivity contribution in [3.8, 4) is 22.8 Å². The van der Waals surface area contributed by atoms with Crippen LogP contribution in [0.4, 0.5) is 0 Å². The minimum absolute atomic E-state index is 0.474. The molecule has 0 saturated heterocycles. The van der Waals surface area contributed by atoms with E-state index < -0.39 is 0 Å². The van der Waals surface area contributed by atoms with Gasteiger partial charge in [-0.05, 0) is 48.9 Å². The average Bonchev–Trinajstić information content (AvgIpc) is 3.38. The first kappa shape index (κ1) is 18.5. The van der Waals surface area contributed by atoms with Crippen LogP contribution in [0, 0.1) is 6.92 Å². The molecule has 2 heterocycles. The van der Waals surface area contributed by atoms with E-state index in [4.69, 9.17) is 20.9 Å². The van der Waals surface area contributed by atoms with Crippen molar-refractivity contribution in [2.24, 2.45) is 0 Å². The fraction of sp³-hybridized carbons (Fsp3) is 0.158. The highest BCUT2D eigenvalue weighted by atomic mass is 35.5. The number of rotatable bonds is 6. The summed E-state index contributed by atoms with van der Waals surface area (Å²) in [5, 5.41) is 13.6. The molecule has 0 amide bonds. The zero-order chi connectivity index (χ0) is 19.5. The molecule has 142 valence electrons. The molecule has 4 aromatic rings. The molecule has 9 heteroatoms. The van der Waals surface area contributed by atoms with Crippen LogP contribution in [0.2, 0.25) is 5.02 Å². The summed E-state index contributed by atoms with van der Waals surface area (Å²) >= 11 is 7.69. The number of aryl methyl sites for hydroxylation is 1. The summed E-state index contributed by atoms with van der Waals surface area (Å²) < 4.78 is 12.4. The largest absolute Gasteiger partial charge is 0.497 e. The summed E-state index contributed by atoms with van der Waals surface area (Å²) in [4.78, 5) is 4.45. The van der Waals surface area contributed by atoms with Crippen LogP contribution in [0.25, 0.3) is 17.1 Å². The Hall–Kier alpha value is -2.84. The first-order chi connectivity index (χ1) is 13.6. The number of methoxy groups -OCH3 is 1. The highest BCUT2D eigenvalue weighted by Crippen LogP contribution is 2.26. The molecule has 0 saturated carbocycles. The van der Waals surface area contributed by atoms with E-state index in [0.717, 1.165) is 22.6 Å². The number of aromatic nitrogens is 5. The summed E-state index contributed by atoms with van der Waals surface area (Å²) in [7, 11) is 1.63. The van der Waals surface area contributed by atoms with Crippen molar-refractivity contribution in [2.75, 3.05) is 7.11 Å². The maximum atomic E-state index is 6.23. The van der Waals surface area contributed by atoms with Crippen LogP contribution in [0.3, 0.4) is 0 Å². The smallest absolute Gasteiger partial charge is 0.237 e. The molecule has 2 aromatic carbocycles. The van der Waals surface area contributed by atoms with Gasteiger partial charge in [-0.1, -0.05) is 34.6 Å². The topological polar surface area (TPSA) is 78.9 Å². The lowest BCUT2D eigenvalue weighted by Gasteiger charge is -2.07. The van der Waals surface area contributed by atoms with Gasteiger partial charge in [0.1, 0.15) is 12.1 Å². The molecule has 0 radical (unpaired) electrons. The Labute approximate surface area is 170 Å². The first-order valence-electron chi connectivity index (χ1n) is 8.40. The van der Waals surface area contributed by atoms with Gasteiger partial charge in [-0.2, -0.15) is 4.98 Å². The zero-order valence-electron chi connectivity index (χ0n) is 15.2. The van der Waals surface area contributed by atoms with E-state index in [2.05, 4.69) is 20.3 Å². The molecular formula is C19H16ClN5O2S. The normalized spacial score (nSPS) is 11.0. The van der Waals surface area contributed by atoms with Crippen molar-refractivity contribution in [2.45, 2.75) is 17.8 Å². The van der Waals surface area contributed by atoms with Crippen molar-refractivity contribution < 1.29 is 9.26 Å². The van der Waals surface area contributed by atoms with E-state index >= 15 is 0 Å². The van der Waals surface area contributed by atoms with E-state index in [1.54, 1.807) is 13.4 Å². The second-order valence-electron chi connectivity index (χ2n) is 5.95. The number of ether oxygens (including phenoxy) is 1. The first-order valence-corrected chi connectivity index (χ1v) is 9.77. The van der Waals surface area contributed by atoms with Gasteiger partial charge in [0, 0.05) is 10.6 Å². The van der Waals surface area contributed by atoms with Crippen molar-refractivity contribution >= 4 is 23.4 Å². The van der Waals surface area contributed by atoms with E-state index in [0.29, 0.717) is 27.6 Å². The van der Waals surface area contributed by atoms with Gasteiger partial charge in [0.05, 0.1) is 18.6 Å². The third-order valence-electron chi connectivity index (χ3n) is 4.09. The SMILES string of the molecule is COc1ccc(-c2noc(CSc3nncn3-c3ccc(C)c(Cl)c3)n2)cc1. The molecular weight excluding hydrogens is 398 g/mol. The minimum atomic E-state index is 0.474. The maximum Gasteiger partial charge on any atom is 0.237 e. The van der Waals surface area contributed by atoms with Gasteiger partial charge in [0.25, 0.3) is 0 Å². The van der Waals surface area contributed by atoms with Gasteiger partial charge < -0.3 is 9.26 Å². The Morgan fingerprint density at radius 3 is 2.75 bits per heavy atom. The van der Waals surface area contributed by atoms with Crippen LogP contribution in [0.1, 0.15) is 11.5 Å². The number of hydrogen-bond acceptors (Lipinski definition) is 7. The third-order valence-corrected chi connectivity index (χ3v) is 5.43. The molecule has 0 spiro atoms. The Bertz CT molecular complexity index is 1090. The van der Waals surface area contributed by atoms with Gasteiger partial charge in [-0.25, -0.2) is 0 Å². The van der Waals surface area contributed by atoms with Crippen LogP contribution in [-0.2, 0) is 5.75 Å². The number of nitrogens with zero attached hydrogens (tertiary/aromatic N) is 5. The van der Waals surface area contributed by atoms with Gasteiger partial charge in [-0.15, -0.1) is 10.2 Å². The lowest BCUT2D eigenvalue weighted by molar-refractivity contribution is 0.391. The van der Waals surface area contributed by atoms with E-state index in [1.165, 1.54) is 11.8 Å². The van der Waals surface area contributed by atoms with Gasteiger partial charge in [0.15, 0.2) is 5.16 Å². The zero-order valence-corrected chi connectivity index (χ0v) is 16.7. The predicted octanol–water partition coefficient (Wildman–Crippen LogP) is 4.58. The minimum Gasteiger partial charge on any atom is -0.497 e. The van der Waals surface area contributed by atoms with Crippen molar-refractivity contribution in [1.82, 2.24) is 24.9 Å². The van der Waals surface area contributed by atoms with E-state index in [9.17, 15) is 0 Å². The van der Waals surface area contributed by atoms with Gasteiger partial charge >= 0.3 is 0 Å². The number of hydrogen-bond donors (Lipinski definition) is 0.